The van der Waals surface area contributed by atoms with E-state index >= 15 is 0 Å². The third-order valence-electron chi connectivity index (χ3n) is 4.45. The van der Waals surface area contributed by atoms with Crippen LogP contribution >= 0.6 is 0 Å². The molecular formula is C14H25N3O2. The second-order valence-electron chi connectivity index (χ2n) is 6.11. The van der Waals surface area contributed by atoms with Crippen molar-refractivity contribution in [2.75, 3.05) is 20.6 Å². The Bertz CT molecular complexity index is 360. The van der Waals surface area contributed by atoms with Crippen molar-refractivity contribution in [2.24, 2.45) is 5.73 Å². The highest BCUT2D eigenvalue weighted by molar-refractivity contribution is 5.92. The smallest absolute Gasteiger partial charge is 0.242 e. The fourth-order valence-corrected chi connectivity index (χ4v) is 2.79. The predicted octanol–water partition coefficient (Wildman–Crippen LogP) is 0.727. The first-order valence-electron chi connectivity index (χ1n) is 7.24. The minimum absolute atomic E-state index is 0.0204. The Hall–Kier alpha value is -1.10. The Morgan fingerprint density at radius 3 is 2.26 bits per heavy atom. The quantitative estimate of drug-likeness (QED) is 0.816. The van der Waals surface area contributed by atoms with Crippen LogP contribution < -0.4 is 5.73 Å². The molecule has 0 spiro atoms. The van der Waals surface area contributed by atoms with Crippen molar-refractivity contribution in [2.45, 2.75) is 56.5 Å². The minimum Gasteiger partial charge on any atom is -0.341 e. The van der Waals surface area contributed by atoms with Crippen LogP contribution in [0.3, 0.4) is 0 Å². The van der Waals surface area contributed by atoms with Crippen LogP contribution in [0.5, 0.6) is 0 Å². The van der Waals surface area contributed by atoms with Crippen molar-refractivity contribution < 1.29 is 9.59 Å². The summed E-state index contributed by atoms with van der Waals surface area (Å²) in [6, 6.07) is 0.345. The fourth-order valence-electron chi connectivity index (χ4n) is 2.79. The number of rotatable bonds is 4. The van der Waals surface area contributed by atoms with Crippen LogP contribution in [0.1, 0.15) is 44.9 Å². The van der Waals surface area contributed by atoms with E-state index < -0.39 is 5.54 Å². The summed E-state index contributed by atoms with van der Waals surface area (Å²) in [6.45, 7) is 0.144. The molecule has 2 fully saturated rings. The summed E-state index contributed by atoms with van der Waals surface area (Å²) in [5.41, 5.74) is 5.19. The largest absolute Gasteiger partial charge is 0.341 e. The number of carbonyl (C=O) groups is 2. The van der Waals surface area contributed by atoms with Crippen LogP contribution in [0, 0.1) is 0 Å². The SMILES string of the molecule is CN(CC(=O)N(C)C1CCCCC1)C(=O)C1(N)CC1. The van der Waals surface area contributed by atoms with Crippen molar-refractivity contribution in [1.29, 1.82) is 0 Å². The lowest BCUT2D eigenvalue weighted by Crippen LogP contribution is -2.49. The van der Waals surface area contributed by atoms with Gasteiger partial charge in [-0.1, -0.05) is 19.3 Å². The zero-order chi connectivity index (χ0) is 14.0. The van der Waals surface area contributed by atoms with E-state index in [1.165, 1.54) is 24.2 Å². The molecule has 0 aromatic heterocycles. The maximum absolute atomic E-state index is 12.2. The van der Waals surface area contributed by atoms with Gasteiger partial charge in [-0.3, -0.25) is 9.59 Å². The first kappa shape index (κ1) is 14.3. The lowest BCUT2D eigenvalue weighted by Gasteiger charge is -2.32. The number of amides is 2. The van der Waals surface area contributed by atoms with Crippen LogP contribution in [0.2, 0.25) is 0 Å². The lowest BCUT2D eigenvalue weighted by molar-refractivity contribution is -0.141. The van der Waals surface area contributed by atoms with E-state index in [0.29, 0.717) is 6.04 Å². The average Bonchev–Trinajstić information content (AvgIpc) is 3.17. The summed E-state index contributed by atoms with van der Waals surface area (Å²) in [5.74, 6) is -0.0788. The van der Waals surface area contributed by atoms with E-state index in [2.05, 4.69) is 0 Å². The van der Waals surface area contributed by atoms with Gasteiger partial charge in [0.05, 0.1) is 12.1 Å². The van der Waals surface area contributed by atoms with Gasteiger partial charge in [0.25, 0.3) is 0 Å². The first-order chi connectivity index (χ1) is 8.94. The zero-order valence-corrected chi connectivity index (χ0v) is 12.0. The molecule has 2 N–H and O–H groups in total. The van der Waals surface area contributed by atoms with Crippen LogP contribution in [-0.4, -0.2) is 53.8 Å². The van der Waals surface area contributed by atoms with Gasteiger partial charge in [-0.05, 0) is 25.7 Å². The second kappa shape index (κ2) is 5.49. The monoisotopic (exact) mass is 267 g/mol. The van der Waals surface area contributed by atoms with Gasteiger partial charge in [-0.25, -0.2) is 0 Å². The van der Waals surface area contributed by atoms with Crippen LogP contribution in [-0.2, 0) is 9.59 Å². The van der Waals surface area contributed by atoms with Gasteiger partial charge in [-0.15, -0.1) is 0 Å². The van der Waals surface area contributed by atoms with Gasteiger partial charge in [0.15, 0.2) is 0 Å². The summed E-state index contributed by atoms with van der Waals surface area (Å²) in [5, 5.41) is 0. The molecule has 0 atom stereocenters. The highest BCUT2D eigenvalue weighted by Gasteiger charge is 2.47. The van der Waals surface area contributed by atoms with Crippen molar-refractivity contribution in [3.8, 4) is 0 Å². The van der Waals surface area contributed by atoms with Gasteiger partial charge in [0.1, 0.15) is 0 Å². The molecule has 0 saturated heterocycles. The Balaban J connectivity index is 1.84. The summed E-state index contributed by atoms with van der Waals surface area (Å²) in [7, 11) is 3.52. The van der Waals surface area contributed by atoms with E-state index in [1.807, 2.05) is 11.9 Å². The number of hydrogen-bond donors (Lipinski definition) is 1. The summed E-state index contributed by atoms with van der Waals surface area (Å²) < 4.78 is 0. The van der Waals surface area contributed by atoms with E-state index in [-0.39, 0.29) is 18.4 Å². The number of nitrogens with two attached hydrogens (primary N) is 1. The molecule has 2 amide bonds. The molecule has 19 heavy (non-hydrogen) atoms. The molecule has 5 heteroatoms. The third-order valence-corrected chi connectivity index (χ3v) is 4.45. The molecule has 5 nitrogen and oxygen atoms in total. The topological polar surface area (TPSA) is 66.6 Å². The molecule has 0 radical (unpaired) electrons. The molecule has 2 saturated carbocycles. The number of carbonyl (C=O) groups excluding carboxylic acids is 2. The zero-order valence-electron chi connectivity index (χ0n) is 12.0. The molecule has 0 aliphatic heterocycles. The molecule has 0 unspecified atom stereocenters. The maximum atomic E-state index is 12.2. The fraction of sp³-hybridized carbons (Fsp3) is 0.857. The second-order valence-corrected chi connectivity index (χ2v) is 6.11. The Morgan fingerprint density at radius 1 is 1.16 bits per heavy atom. The molecule has 108 valence electrons. The maximum Gasteiger partial charge on any atom is 0.242 e. The highest BCUT2D eigenvalue weighted by Crippen LogP contribution is 2.33. The van der Waals surface area contributed by atoms with E-state index in [0.717, 1.165) is 25.7 Å². The van der Waals surface area contributed by atoms with E-state index in [1.54, 1.807) is 7.05 Å². The van der Waals surface area contributed by atoms with Gasteiger partial charge in [0, 0.05) is 20.1 Å². The van der Waals surface area contributed by atoms with Crippen LogP contribution in [0.15, 0.2) is 0 Å². The molecule has 0 aromatic rings. The van der Waals surface area contributed by atoms with Gasteiger partial charge in [-0.2, -0.15) is 0 Å². The standard InChI is InChI=1S/C14H25N3O2/c1-16(13(19)14(15)8-9-14)10-12(18)17(2)11-6-4-3-5-7-11/h11H,3-10,15H2,1-2H3. The Kier molecular flexibility index (Phi) is 4.13. The summed E-state index contributed by atoms with van der Waals surface area (Å²) in [4.78, 5) is 27.5. The molecule has 2 rings (SSSR count). The van der Waals surface area contributed by atoms with Gasteiger partial charge in [0.2, 0.25) is 11.8 Å². The van der Waals surface area contributed by atoms with Crippen molar-refractivity contribution in [3.05, 3.63) is 0 Å². The number of hydrogen-bond acceptors (Lipinski definition) is 3. The molecule has 2 aliphatic carbocycles. The van der Waals surface area contributed by atoms with Crippen LogP contribution in [0.25, 0.3) is 0 Å². The third kappa shape index (κ3) is 3.26. The van der Waals surface area contributed by atoms with Gasteiger partial charge < -0.3 is 15.5 Å². The predicted molar refractivity (Wildman–Crippen MR) is 73.4 cm³/mol. The molecule has 0 aromatic carbocycles. The average molecular weight is 267 g/mol. The summed E-state index contributed by atoms with van der Waals surface area (Å²) >= 11 is 0. The molecule has 2 aliphatic rings. The molecule has 0 bridgehead atoms. The lowest BCUT2D eigenvalue weighted by atomic mass is 9.94. The number of likely N-dealkylation sites (N-methyl/N-ethyl adjacent to an activating group) is 2. The number of nitrogens with zero attached hydrogens (tertiary/aromatic N) is 2. The normalized spacial score (nSPS) is 21.8. The van der Waals surface area contributed by atoms with Crippen molar-refractivity contribution >= 4 is 11.8 Å². The minimum atomic E-state index is -0.682. The van der Waals surface area contributed by atoms with Gasteiger partial charge >= 0.3 is 0 Å². The van der Waals surface area contributed by atoms with Crippen molar-refractivity contribution in [3.63, 3.8) is 0 Å². The van der Waals surface area contributed by atoms with Crippen molar-refractivity contribution in [1.82, 2.24) is 9.80 Å². The molecular weight excluding hydrogens is 242 g/mol. The Morgan fingerprint density at radius 2 is 1.74 bits per heavy atom. The first-order valence-corrected chi connectivity index (χ1v) is 7.24. The Labute approximate surface area is 115 Å². The van der Waals surface area contributed by atoms with E-state index in [9.17, 15) is 9.59 Å². The van der Waals surface area contributed by atoms with E-state index in [4.69, 9.17) is 5.73 Å². The highest BCUT2D eigenvalue weighted by atomic mass is 16.2. The summed E-state index contributed by atoms with van der Waals surface area (Å²) in [6.07, 6.45) is 7.31. The molecule has 0 heterocycles. The van der Waals surface area contributed by atoms with Crippen LogP contribution in [0.4, 0.5) is 0 Å².